The predicted octanol–water partition coefficient (Wildman–Crippen LogP) is 1.65. The first-order valence-corrected chi connectivity index (χ1v) is 5.94. The van der Waals surface area contributed by atoms with Gasteiger partial charge in [-0.15, -0.1) is 0 Å². The maximum absolute atomic E-state index is 13.7. The van der Waals surface area contributed by atoms with E-state index in [-0.39, 0.29) is 11.7 Å². The van der Waals surface area contributed by atoms with Crippen molar-refractivity contribution in [1.29, 1.82) is 0 Å². The number of nitrogens with one attached hydrogen (secondary N) is 1. The van der Waals surface area contributed by atoms with E-state index in [1.165, 1.54) is 12.4 Å². The Balaban J connectivity index is 1.99. The quantitative estimate of drug-likeness (QED) is 0.845. The molecule has 100 valence electrons. The number of hydrogen-bond donors (Lipinski definition) is 1. The number of nitrogens with zero attached hydrogens (tertiary/aromatic N) is 4. The molecule has 0 saturated carbocycles. The molecule has 0 aromatic carbocycles. The maximum Gasteiger partial charge on any atom is 0.558 e. The molecule has 1 N–H and O–H groups in total. The summed E-state index contributed by atoms with van der Waals surface area (Å²) in [4.78, 5) is 14.6. The average molecular weight is 272 g/mol. The molecule has 1 aliphatic heterocycles. The van der Waals surface area contributed by atoms with E-state index in [0.29, 0.717) is 11.4 Å². The summed E-state index contributed by atoms with van der Waals surface area (Å²) >= 11 is 0. The number of pyridine rings is 2. The fourth-order valence-corrected chi connectivity index (χ4v) is 1.78. The first-order chi connectivity index (χ1) is 9.64. The van der Waals surface area contributed by atoms with Crippen molar-refractivity contribution in [2.24, 2.45) is 9.81 Å². The summed E-state index contributed by atoms with van der Waals surface area (Å²) < 4.78 is 27.3. The van der Waals surface area contributed by atoms with Gasteiger partial charge < -0.3 is 23.8 Å². The van der Waals surface area contributed by atoms with E-state index in [1.54, 1.807) is 36.4 Å². The molecule has 0 fully saturated rings. The van der Waals surface area contributed by atoms with Crippen LogP contribution in [-0.4, -0.2) is 28.6 Å². The van der Waals surface area contributed by atoms with E-state index >= 15 is 0 Å². The smallest absolute Gasteiger partial charge is 0.436 e. The highest BCUT2D eigenvalue weighted by molar-refractivity contribution is 6.67. The van der Waals surface area contributed by atoms with E-state index in [1.807, 2.05) is 0 Å². The van der Waals surface area contributed by atoms with Gasteiger partial charge in [0.15, 0.2) is 0 Å². The van der Waals surface area contributed by atoms with Crippen LogP contribution in [0.4, 0.5) is 8.63 Å². The minimum atomic E-state index is -4.22. The number of aromatic nitrogens is 2. The molecule has 0 saturated heterocycles. The molecule has 0 unspecified atom stereocenters. The summed E-state index contributed by atoms with van der Waals surface area (Å²) in [6.45, 7) is -4.22. The van der Waals surface area contributed by atoms with Crippen LogP contribution in [0, 0.1) is 0 Å². The molecule has 0 spiro atoms. The van der Waals surface area contributed by atoms with Gasteiger partial charge in [-0.1, -0.05) is 12.1 Å². The molecule has 0 amide bonds. The average Bonchev–Trinajstić information content (AvgIpc) is 2.47. The van der Waals surface area contributed by atoms with Gasteiger partial charge in [0.05, 0.1) is 0 Å². The topological polar surface area (TPSA) is 62.5 Å². The molecule has 2 aromatic heterocycles. The lowest BCUT2D eigenvalue weighted by atomic mass is 10.00. The third-order valence-corrected chi connectivity index (χ3v) is 2.62. The van der Waals surface area contributed by atoms with Crippen LogP contribution >= 0.6 is 0 Å². The molecule has 8 heteroatoms. The summed E-state index contributed by atoms with van der Waals surface area (Å²) in [5.41, 5.74) is 0.662. The standard InChI is InChI=1S/C12H9BF2N5/c14-13(15)19-11(9-5-1-3-7-16-9)18-12(20-13)10-6-2-4-8-17-10/h1-8H,(H,18,19,20)/q-1. The second-order valence-electron chi connectivity index (χ2n) is 4.10. The normalized spacial score (nSPS) is 16.9. The summed E-state index contributed by atoms with van der Waals surface area (Å²) in [6.07, 6.45) is 3.02. The van der Waals surface area contributed by atoms with Crippen LogP contribution < -0.4 is 5.32 Å². The Hall–Kier alpha value is -2.64. The van der Waals surface area contributed by atoms with Crippen LogP contribution in [-0.2, 0) is 0 Å². The van der Waals surface area contributed by atoms with Gasteiger partial charge in [-0.05, 0) is 24.3 Å². The third kappa shape index (κ3) is 2.54. The van der Waals surface area contributed by atoms with Gasteiger partial charge in [0, 0.05) is 12.4 Å². The van der Waals surface area contributed by atoms with Crippen molar-refractivity contribution >= 4 is 18.6 Å². The number of hydrogen-bond acceptors (Lipinski definition) is 5. The van der Waals surface area contributed by atoms with Gasteiger partial charge in [0.1, 0.15) is 23.1 Å². The Morgan fingerprint density at radius 3 is 1.70 bits per heavy atom. The largest absolute Gasteiger partial charge is 0.558 e. The van der Waals surface area contributed by atoms with Crippen LogP contribution in [0.25, 0.3) is 0 Å². The second-order valence-corrected chi connectivity index (χ2v) is 4.10. The fraction of sp³-hybridized carbons (Fsp3) is 0. The Kier molecular flexibility index (Phi) is 2.98. The predicted molar refractivity (Wildman–Crippen MR) is 72.7 cm³/mol. The highest BCUT2D eigenvalue weighted by atomic mass is 19.2. The van der Waals surface area contributed by atoms with Crippen molar-refractivity contribution in [3.05, 3.63) is 60.2 Å². The minimum Gasteiger partial charge on any atom is -0.436 e. The second kappa shape index (κ2) is 4.80. The molecule has 20 heavy (non-hydrogen) atoms. The van der Waals surface area contributed by atoms with E-state index in [9.17, 15) is 8.63 Å². The minimum absolute atomic E-state index is 0.00810. The first-order valence-electron chi connectivity index (χ1n) is 5.94. The van der Waals surface area contributed by atoms with Gasteiger partial charge >= 0.3 is 6.97 Å². The van der Waals surface area contributed by atoms with Crippen LogP contribution in [0.1, 0.15) is 11.4 Å². The van der Waals surface area contributed by atoms with Gasteiger partial charge in [-0.25, -0.2) is 0 Å². The molecule has 0 radical (unpaired) electrons. The lowest BCUT2D eigenvalue weighted by Gasteiger charge is -2.26. The van der Waals surface area contributed by atoms with Crippen molar-refractivity contribution in [2.45, 2.75) is 0 Å². The molecule has 3 heterocycles. The number of rotatable bonds is 2. The van der Waals surface area contributed by atoms with Crippen molar-refractivity contribution in [1.82, 2.24) is 15.3 Å². The molecule has 0 aliphatic carbocycles. The molecule has 0 bridgehead atoms. The molecule has 2 aromatic rings. The Bertz CT molecular complexity index is 615. The van der Waals surface area contributed by atoms with E-state index in [0.717, 1.165) is 0 Å². The zero-order valence-corrected chi connectivity index (χ0v) is 10.2. The first kappa shape index (κ1) is 12.4. The molecule has 3 rings (SSSR count). The third-order valence-electron chi connectivity index (χ3n) is 2.62. The zero-order chi connectivity index (χ0) is 14.0. The Morgan fingerprint density at radius 2 is 1.30 bits per heavy atom. The summed E-state index contributed by atoms with van der Waals surface area (Å²) in [7, 11) is 0. The van der Waals surface area contributed by atoms with Gasteiger partial charge in [-0.3, -0.25) is 9.97 Å². The molecule has 1 aliphatic rings. The van der Waals surface area contributed by atoms with Crippen molar-refractivity contribution < 1.29 is 8.63 Å². The fourth-order valence-electron chi connectivity index (χ4n) is 1.78. The number of amidine groups is 2. The van der Waals surface area contributed by atoms with Crippen LogP contribution in [0.2, 0.25) is 0 Å². The molecular weight excluding hydrogens is 263 g/mol. The summed E-state index contributed by atoms with van der Waals surface area (Å²) in [5, 5.41) is 2.75. The van der Waals surface area contributed by atoms with Crippen molar-refractivity contribution in [3.8, 4) is 0 Å². The lowest BCUT2D eigenvalue weighted by molar-refractivity contribution is 0.602. The molecule has 5 nitrogen and oxygen atoms in total. The Labute approximate surface area is 113 Å². The monoisotopic (exact) mass is 272 g/mol. The number of halogens is 2. The molecular formula is C12H9BF2N5-. The van der Waals surface area contributed by atoms with Crippen molar-refractivity contribution in [3.63, 3.8) is 0 Å². The van der Waals surface area contributed by atoms with Gasteiger partial charge in [0.2, 0.25) is 0 Å². The molecule has 0 atom stereocenters. The van der Waals surface area contributed by atoms with Gasteiger partial charge in [0.25, 0.3) is 0 Å². The lowest BCUT2D eigenvalue weighted by Crippen LogP contribution is -2.42. The summed E-state index contributed by atoms with van der Waals surface area (Å²) in [6, 6.07) is 9.99. The van der Waals surface area contributed by atoms with Gasteiger partial charge in [-0.2, -0.15) is 0 Å². The van der Waals surface area contributed by atoms with E-state index in [2.05, 4.69) is 25.1 Å². The zero-order valence-electron chi connectivity index (χ0n) is 10.2. The SMILES string of the molecule is F[B-]1(F)N=C(c2ccccn2)NC(c2ccccn2)=N1. The summed E-state index contributed by atoms with van der Waals surface area (Å²) in [5.74, 6) is -0.0162. The van der Waals surface area contributed by atoms with Crippen LogP contribution in [0.15, 0.2) is 58.6 Å². The maximum atomic E-state index is 13.7. The van der Waals surface area contributed by atoms with Crippen LogP contribution in [0.5, 0.6) is 0 Å². The van der Waals surface area contributed by atoms with Crippen molar-refractivity contribution in [2.75, 3.05) is 0 Å². The highest BCUT2D eigenvalue weighted by Crippen LogP contribution is 2.17. The van der Waals surface area contributed by atoms with E-state index in [4.69, 9.17) is 0 Å². The Morgan fingerprint density at radius 1 is 0.800 bits per heavy atom. The van der Waals surface area contributed by atoms with E-state index < -0.39 is 6.97 Å². The van der Waals surface area contributed by atoms with Crippen LogP contribution in [0.3, 0.4) is 0 Å². The highest BCUT2D eigenvalue weighted by Gasteiger charge is 2.29.